The highest BCUT2D eigenvalue weighted by Crippen LogP contribution is 2.23. The van der Waals surface area contributed by atoms with E-state index in [4.69, 9.17) is 12.2 Å². The molecule has 1 saturated carbocycles. The van der Waals surface area contributed by atoms with Crippen LogP contribution in [0.15, 0.2) is 24.3 Å². The van der Waals surface area contributed by atoms with Crippen LogP contribution < -0.4 is 5.32 Å². The molecule has 6 heteroatoms. The molecule has 1 aliphatic carbocycles. The summed E-state index contributed by atoms with van der Waals surface area (Å²) in [6.45, 7) is 4.49. The second-order valence-corrected chi connectivity index (χ2v) is 7.23. The second-order valence-electron chi connectivity index (χ2n) is 6.84. The Labute approximate surface area is 147 Å². The first-order valence-corrected chi connectivity index (χ1v) is 8.95. The summed E-state index contributed by atoms with van der Waals surface area (Å²) < 4.78 is 2.24. The Bertz CT molecular complexity index is 762. The van der Waals surface area contributed by atoms with Gasteiger partial charge in [-0.05, 0) is 37.9 Å². The molecule has 2 atom stereocenters. The van der Waals surface area contributed by atoms with E-state index >= 15 is 0 Å². The van der Waals surface area contributed by atoms with Crippen LogP contribution in [0.4, 0.5) is 0 Å². The van der Waals surface area contributed by atoms with Crippen molar-refractivity contribution in [2.75, 3.05) is 0 Å². The van der Waals surface area contributed by atoms with Gasteiger partial charge in [-0.1, -0.05) is 49.6 Å². The molecule has 1 aromatic carbocycles. The average Bonchev–Trinajstić information content (AvgIpc) is 2.89. The summed E-state index contributed by atoms with van der Waals surface area (Å²) in [6, 6.07) is 8.33. The smallest absolute Gasteiger partial charge is 0.240 e. The fraction of sp³-hybridized carbons (Fsp3) is 0.500. The van der Waals surface area contributed by atoms with Gasteiger partial charge in [0.2, 0.25) is 5.91 Å². The van der Waals surface area contributed by atoms with Crippen molar-refractivity contribution in [2.45, 2.75) is 52.1 Å². The van der Waals surface area contributed by atoms with Crippen molar-refractivity contribution < 1.29 is 4.79 Å². The number of nitrogens with one attached hydrogen (secondary N) is 2. The Morgan fingerprint density at radius 2 is 2.12 bits per heavy atom. The van der Waals surface area contributed by atoms with Gasteiger partial charge in [-0.2, -0.15) is 5.10 Å². The molecule has 0 aliphatic heterocycles. The molecule has 3 rings (SSSR count). The molecule has 2 unspecified atom stereocenters. The summed E-state index contributed by atoms with van der Waals surface area (Å²) in [7, 11) is 0. The fourth-order valence-electron chi connectivity index (χ4n) is 3.37. The van der Waals surface area contributed by atoms with Crippen LogP contribution in [-0.4, -0.2) is 26.7 Å². The van der Waals surface area contributed by atoms with Crippen molar-refractivity contribution in [3.63, 3.8) is 0 Å². The van der Waals surface area contributed by atoms with Gasteiger partial charge in [-0.15, -0.1) is 0 Å². The normalized spacial score (nSPS) is 20.8. The number of aromatic nitrogens is 3. The molecular formula is C18H24N4OS. The molecular weight excluding hydrogens is 320 g/mol. The third kappa shape index (κ3) is 3.93. The number of carbonyl (C=O) groups is 1. The lowest BCUT2D eigenvalue weighted by Crippen LogP contribution is -2.39. The maximum Gasteiger partial charge on any atom is 0.240 e. The third-order valence-corrected chi connectivity index (χ3v) is 4.98. The van der Waals surface area contributed by atoms with Crippen LogP contribution in [0.5, 0.6) is 0 Å². The highest BCUT2D eigenvalue weighted by Gasteiger charge is 2.21. The van der Waals surface area contributed by atoms with Crippen molar-refractivity contribution in [1.29, 1.82) is 0 Å². The first-order chi connectivity index (χ1) is 11.5. The minimum Gasteiger partial charge on any atom is -0.352 e. The monoisotopic (exact) mass is 344 g/mol. The third-order valence-electron chi connectivity index (χ3n) is 4.67. The predicted molar refractivity (Wildman–Crippen MR) is 97.1 cm³/mol. The van der Waals surface area contributed by atoms with Gasteiger partial charge in [0.1, 0.15) is 6.54 Å². The molecule has 0 saturated heterocycles. The Kier molecular flexibility index (Phi) is 5.14. The number of nitrogens with zero attached hydrogens (tertiary/aromatic N) is 2. The topological polar surface area (TPSA) is 62.7 Å². The lowest BCUT2D eigenvalue weighted by atomic mass is 9.87. The number of hydrogen-bond donors (Lipinski definition) is 2. The predicted octanol–water partition coefficient (Wildman–Crippen LogP) is 3.61. The van der Waals surface area contributed by atoms with Gasteiger partial charge in [0, 0.05) is 11.6 Å². The number of benzene rings is 1. The Morgan fingerprint density at radius 3 is 2.83 bits per heavy atom. The summed E-state index contributed by atoms with van der Waals surface area (Å²) in [6.07, 6.45) is 4.58. The van der Waals surface area contributed by atoms with Crippen LogP contribution in [0.25, 0.3) is 11.4 Å². The number of amides is 1. The van der Waals surface area contributed by atoms with Crippen LogP contribution >= 0.6 is 12.2 Å². The van der Waals surface area contributed by atoms with Gasteiger partial charge in [-0.3, -0.25) is 14.5 Å². The maximum absolute atomic E-state index is 12.5. The number of H-pyrrole nitrogens is 1. The molecule has 1 aromatic heterocycles. The molecule has 5 nitrogen and oxygen atoms in total. The zero-order valence-electron chi connectivity index (χ0n) is 14.2. The van der Waals surface area contributed by atoms with E-state index in [1.807, 2.05) is 31.2 Å². The molecule has 2 N–H and O–H groups in total. The van der Waals surface area contributed by atoms with Crippen LogP contribution in [0.2, 0.25) is 0 Å². The summed E-state index contributed by atoms with van der Waals surface area (Å²) >= 11 is 5.31. The maximum atomic E-state index is 12.5. The Morgan fingerprint density at radius 1 is 1.38 bits per heavy atom. The van der Waals surface area contributed by atoms with E-state index in [0.29, 0.717) is 16.5 Å². The largest absolute Gasteiger partial charge is 0.352 e. The first-order valence-electron chi connectivity index (χ1n) is 8.54. The zero-order valence-corrected chi connectivity index (χ0v) is 15.0. The van der Waals surface area contributed by atoms with Crippen molar-refractivity contribution >= 4 is 18.1 Å². The molecule has 0 bridgehead atoms. The van der Waals surface area contributed by atoms with E-state index in [0.717, 1.165) is 18.4 Å². The minimum absolute atomic E-state index is 0.0000355. The van der Waals surface area contributed by atoms with Crippen molar-refractivity contribution in [2.24, 2.45) is 5.92 Å². The fourth-order valence-corrected chi connectivity index (χ4v) is 3.57. The summed E-state index contributed by atoms with van der Waals surface area (Å²) in [5.41, 5.74) is 2.13. The minimum atomic E-state index is -0.0000355. The number of aromatic amines is 1. The average molecular weight is 344 g/mol. The molecule has 1 amide bonds. The summed E-state index contributed by atoms with van der Waals surface area (Å²) in [5, 5.41) is 10.3. The standard InChI is InChI=1S/C18H24N4OS/c1-12-6-8-14(9-7-12)17-20-21-18(24)22(17)11-16(23)19-15-5-3-4-13(2)10-15/h6-9,13,15H,3-5,10-11H2,1-2H3,(H,19,23)(H,21,24). The van der Waals surface area contributed by atoms with Crippen LogP contribution in [-0.2, 0) is 11.3 Å². The Hall–Kier alpha value is -1.95. The van der Waals surface area contributed by atoms with Gasteiger partial charge >= 0.3 is 0 Å². The van der Waals surface area contributed by atoms with E-state index in [1.54, 1.807) is 4.57 Å². The lowest BCUT2D eigenvalue weighted by molar-refractivity contribution is -0.122. The van der Waals surface area contributed by atoms with Gasteiger partial charge in [0.25, 0.3) is 0 Å². The molecule has 24 heavy (non-hydrogen) atoms. The second kappa shape index (κ2) is 7.30. The van der Waals surface area contributed by atoms with E-state index in [9.17, 15) is 4.79 Å². The van der Waals surface area contributed by atoms with E-state index in [1.165, 1.54) is 18.4 Å². The van der Waals surface area contributed by atoms with Crippen LogP contribution in [0.1, 0.15) is 38.2 Å². The van der Waals surface area contributed by atoms with E-state index in [-0.39, 0.29) is 18.5 Å². The zero-order chi connectivity index (χ0) is 17.1. The van der Waals surface area contributed by atoms with Crippen molar-refractivity contribution in [1.82, 2.24) is 20.1 Å². The Balaban J connectivity index is 1.73. The summed E-state index contributed by atoms with van der Waals surface area (Å²) in [5.74, 6) is 1.38. The molecule has 1 heterocycles. The van der Waals surface area contributed by atoms with Crippen molar-refractivity contribution in [3.8, 4) is 11.4 Å². The van der Waals surface area contributed by atoms with Gasteiger partial charge in [-0.25, -0.2) is 0 Å². The highest BCUT2D eigenvalue weighted by molar-refractivity contribution is 7.71. The molecule has 128 valence electrons. The number of aryl methyl sites for hydroxylation is 1. The molecule has 1 fully saturated rings. The molecule has 2 aromatic rings. The lowest BCUT2D eigenvalue weighted by Gasteiger charge is -2.27. The van der Waals surface area contributed by atoms with Gasteiger partial charge in [0.05, 0.1) is 0 Å². The van der Waals surface area contributed by atoms with Gasteiger partial charge < -0.3 is 5.32 Å². The van der Waals surface area contributed by atoms with Crippen LogP contribution in [0.3, 0.4) is 0 Å². The first kappa shape index (κ1) is 16.9. The number of hydrogen-bond acceptors (Lipinski definition) is 3. The molecule has 0 radical (unpaired) electrons. The number of carbonyl (C=O) groups excluding carboxylic acids is 1. The summed E-state index contributed by atoms with van der Waals surface area (Å²) in [4.78, 5) is 12.5. The van der Waals surface area contributed by atoms with E-state index < -0.39 is 0 Å². The quantitative estimate of drug-likeness (QED) is 0.833. The van der Waals surface area contributed by atoms with Crippen molar-refractivity contribution in [3.05, 3.63) is 34.6 Å². The molecule has 0 spiro atoms. The molecule has 1 aliphatic rings. The van der Waals surface area contributed by atoms with Crippen LogP contribution in [0, 0.1) is 17.6 Å². The number of rotatable bonds is 4. The van der Waals surface area contributed by atoms with E-state index in [2.05, 4.69) is 22.4 Å². The SMILES string of the molecule is Cc1ccc(-c2n[nH]c(=S)n2CC(=O)NC2CCCC(C)C2)cc1. The highest BCUT2D eigenvalue weighted by atomic mass is 32.1. The van der Waals surface area contributed by atoms with Gasteiger partial charge in [0.15, 0.2) is 10.6 Å².